The first kappa shape index (κ1) is 19.0. The van der Waals surface area contributed by atoms with E-state index >= 15 is 0 Å². The molecule has 3 rings (SSSR count). The lowest BCUT2D eigenvalue weighted by atomic mass is 10.0. The largest absolute Gasteiger partial charge is 0.459 e. The Bertz CT molecular complexity index is 817. The van der Waals surface area contributed by atoms with Gasteiger partial charge in [-0.1, -0.05) is 19.1 Å². The van der Waals surface area contributed by atoms with E-state index in [-0.39, 0.29) is 18.6 Å². The molecule has 27 heavy (non-hydrogen) atoms. The SMILES string of the molecule is CC(C)OC(=O)c1cccc(-c2nnn(CC(=O)N3CCC[C@H](C)C3)n2)c1. The number of rotatable bonds is 5. The van der Waals surface area contributed by atoms with Gasteiger partial charge in [-0.2, -0.15) is 4.80 Å². The van der Waals surface area contributed by atoms with Gasteiger partial charge in [-0.25, -0.2) is 4.79 Å². The number of tetrazole rings is 1. The summed E-state index contributed by atoms with van der Waals surface area (Å²) in [6.45, 7) is 7.38. The Hall–Kier alpha value is -2.77. The first-order valence-corrected chi connectivity index (χ1v) is 9.29. The smallest absolute Gasteiger partial charge is 0.338 e. The molecule has 1 amide bonds. The third-order valence-corrected chi connectivity index (χ3v) is 4.44. The molecule has 0 aliphatic carbocycles. The van der Waals surface area contributed by atoms with Crippen molar-refractivity contribution < 1.29 is 14.3 Å². The van der Waals surface area contributed by atoms with Crippen LogP contribution in [0.3, 0.4) is 0 Å². The first-order valence-electron chi connectivity index (χ1n) is 9.29. The molecular weight excluding hydrogens is 346 g/mol. The van der Waals surface area contributed by atoms with Crippen molar-refractivity contribution in [2.45, 2.75) is 46.3 Å². The molecule has 144 valence electrons. The van der Waals surface area contributed by atoms with Crippen LogP contribution in [0.15, 0.2) is 24.3 Å². The van der Waals surface area contributed by atoms with Crippen molar-refractivity contribution in [2.75, 3.05) is 13.1 Å². The van der Waals surface area contributed by atoms with Gasteiger partial charge in [0, 0.05) is 18.7 Å². The van der Waals surface area contributed by atoms with Crippen molar-refractivity contribution in [2.24, 2.45) is 5.92 Å². The van der Waals surface area contributed by atoms with E-state index in [9.17, 15) is 9.59 Å². The number of esters is 1. The molecule has 2 heterocycles. The van der Waals surface area contributed by atoms with Crippen LogP contribution in [-0.4, -0.2) is 56.2 Å². The molecule has 0 spiro atoms. The Morgan fingerprint density at radius 1 is 1.33 bits per heavy atom. The zero-order valence-corrected chi connectivity index (χ0v) is 16.0. The molecule has 2 aromatic rings. The number of piperidine rings is 1. The highest BCUT2D eigenvalue weighted by molar-refractivity contribution is 5.90. The van der Waals surface area contributed by atoms with Gasteiger partial charge in [0.15, 0.2) is 0 Å². The van der Waals surface area contributed by atoms with Gasteiger partial charge in [-0.15, -0.1) is 10.2 Å². The van der Waals surface area contributed by atoms with Gasteiger partial charge >= 0.3 is 5.97 Å². The highest BCUT2D eigenvalue weighted by Gasteiger charge is 2.22. The van der Waals surface area contributed by atoms with Crippen molar-refractivity contribution in [1.29, 1.82) is 0 Å². The maximum absolute atomic E-state index is 12.4. The topological polar surface area (TPSA) is 90.2 Å². The minimum Gasteiger partial charge on any atom is -0.459 e. The Labute approximate surface area is 158 Å². The van der Waals surface area contributed by atoms with Crippen molar-refractivity contribution in [3.63, 3.8) is 0 Å². The zero-order valence-electron chi connectivity index (χ0n) is 16.0. The van der Waals surface area contributed by atoms with Gasteiger partial charge < -0.3 is 9.64 Å². The van der Waals surface area contributed by atoms with E-state index in [1.807, 2.05) is 4.90 Å². The quantitative estimate of drug-likeness (QED) is 0.748. The second-order valence-electron chi connectivity index (χ2n) is 7.27. The zero-order chi connectivity index (χ0) is 19.4. The molecule has 0 radical (unpaired) electrons. The van der Waals surface area contributed by atoms with E-state index in [2.05, 4.69) is 22.3 Å². The molecule has 1 aliphatic heterocycles. The van der Waals surface area contributed by atoms with Crippen LogP contribution in [0, 0.1) is 5.92 Å². The molecule has 8 nitrogen and oxygen atoms in total. The predicted molar refractivity (Wildman–Crippen MR) is 98.8 cm³/mol. The predicted octanol–water partition coefficient (Wildman–Crippen LogP) is 2.16. The molecule has 1 saturated heterocycles. The van der Waals surface area contributed by atoms with E-state index in [1.54, 1.807) is 38.1 Å². The normalized spacial score (nSPS) is 17.2. The average Bonchev–Trinajstić information content (AvgIpc) is 3.10. The lowest BCUT2D eigenvalue weighted by Gasteiger charge is -2.30. The minimum atomic E-state index is -0.395. The Morgan fingerprint density at radius 3 is 2.89 bits per heavy atom. The van der Waals surface area contributed by atoms with E-state index in [4.69, 9.17) is 4.74 Å². The summed E-state index contributed by atoms with van der Waals surface area (Å²) in [5.74, 6) is 0.498. The summed E-state index contributed by atoms with van der Waals surface area (Å²) in [4.78, 5) is 27.7. The lowest BCUT2D eigenvalue weighted by Crippen LogP contribution is -2.41. The summed E-state index contributed by atoms with van der Waals surface area (Å²) in [6, 6.07) is 6.88. The summed E-state index contributed by atoms with van der Waals surface area (Å²) in [6.07, 6.45) is 2.00. The third kappa shape index (κ3) is 4.90. The van der Waals surface area contributed by atoms with E-state index in [0.29, 0.717) is 22.9 Å². The maximum Gasteiger partial charge on any atom is 0.338 e. The summed E-state index contributed by atoms with van der Waals surface area (Å²) >= 11 is 0. The highest BCUT2D eigenvalue weighted by atomic mass is 16.5. The van der Waals surface area contributed by atoms with Crippen LogP contribution in [0.4, 0.5) is 0 Å². The first-order chi connectivity index (χ1) is 12.9. The van der Waals surface area contributed by atoms with Crippen LogP contribution in [0.1, 0.15) is 44.0 Å². The molecule has 1 aromatic heterocycles. The average molecular weight is 371 g/mol. The van der Waals surface area contributed by atoms with Gasteiger partial charge in [0.2, 0.25) is 11.7 Å². The Kier molecular flexibility index (Phi) is 5.83. The molecule has 1 fully saturated rings. The van der Waals surface area contributed by atoms with Gasteiger partial charge in [0.25, 0.3) is 0 Å². The number of hydrogen-bond acceptors (Lipinski definition) is 6. The number of carbonyl (C=O) groups is 2. The fourth-order valence-electron chi connectivity index (χ4n) is 3.13. The molecular formula is C19H25N5O3. The lowest BCUT2D eigenvalue weighted by molar-refractivity contribution is -0.134. The Balaban J connectivity index is 1.68. The molecule has 1 aliphatic rings. The molecule has 0 bridgehead atoms. The number of amides is 1. The number of benzene rings is 1. The van der Waals surface area contributed by atoms with Crippen molar-refractivity contribution in [3.05, 3.63) is 29.8 Å². The van der Waals surface area contributed by atoms with Gasteiger partial charge in [0.1, 0.15) is 6.54 Å². The fourth-order valence-corrected chi connectivity index (χ4v) is 3.13. The number of nitrogens with zero attached hydrogens (tertiary/aromatic N) is 5. The van der Waals surface area contributed by atoms with E-state index < -0.39 is 5.97 Å². The van der Waals surface area contributed by atoms with Gasteiger partial charge in [0.05, 0.1) is 11.7 Å². The van der Waals surface area contributed by atoms with E-state index in [0.717, 1.165) is 25.9 Å². The fraction of sp³-hybridized carbons (Fsp3) is 0.526. The number of ether oxygens (including phenoxy) is 1. The van der Waals surface area contributed by atoms with Crippen LogP contribution in [0.5, 0.6) is 0 Å². The summed E-state index contributed by atoms with van der Waals surface area (Å²) in [5.41, 5.74) is 1.08. The number of hydrogen-bond donors (Lipinski definition) is 0. The highest BCUT2D eigenvalue weighted by Crippen LogP contribution is 2.18. The second-order valence-corrected chi connectivity index (χ2v) is 7.27. The number of carbonyl (C=O) groups excluding carboxylic acids is 2. The van der Waals surface area contributed by atoms with Gasteiger partial charge in [-0.05, 0) is 50.0 Å². The number of aromatic nitrogens is 4. The van der Waals surface area contributed by atoms with Crippen LogP contribution >= 0.6 is 0 Å². The summed E-state index contributed by atoms with van der Waals surface area (Å²) < 4.78 is 5.21. The molecule has 1 atom stereocenters. The Morgan fingerprint density at radius 2 is 2.15 bits per heavy atom. The maximum atomic E-state index is 12.4. The molecule has 0 N–H and O–H groups in total. The summed E-state index contributed by atoms with van der Waals surface area (Å²) in [5, 5.41) is 12.3. The van der Waals surface area contributed by atoms with Crippen LogP contribution in [0.2, 0.25) is 0 Å². The standard InChI is InChI=1S/C19H25N5O3/c1-13(2)27-19(26)16-8-4-7-15(10-16)18-20-22-24(21-18)12-17(25)23-9-5-6-14(3)11-23/h4,7-8,10,13-14H,5-6,9,11-12H2,1-3H3/t14-/m0/s1. The second kappa shape index (κ2) is 8.28. The van der Waals surface area contributed by atoms with Crippen LogP contribution < -0.4 is 0 Å². The molecule has 0 saturated carbocycles. The monoisotopic (exact) mass is 371 g/mol. The molecule has 1 aromatic carbocycles. The van der Waals surface area contributed by atoms with Crippen LogP contribution in [-0.2, 0) is 16.1 Å². The third-order valence-electron chi connectivity index (χ3n) is 4.44. The van der Waals surface area contributed by atoms with Crippen molar-refractivity contribution in [1.82, 2.24) is 25.1 Å². The minimum absolute atomic E-state index is 0.000220. The molecule has 0 unspecified atom stereocenters. The molecule has 8 heteroatoms. The van der Waals surface area contributed by atoms with E-state index in [1.165, 1.54) is 4.80 Å². The van der Waals surface area contributed by atoms with Crippen molar-refractivity contribution in [3.8, 4) is 11.4 Å². The van der Waals surface area contributed by atoms with Crippen LogP contribution in [0.25, 0.3) is 11.4 Å². The summed E-state index contributed by atoms with van der Waals surface area (Å²) in [7, 11) is 0. The van der Waals surface area contributed by atoms with Crippen molar-refractivity contribution >= 4 is 11.9 Å². The number of likely N-dealkylation sites (tertiary alicyclic amines) is 1. The van der Waals surface area contributed by atoms with Gasteiger partial charge in [-0.3, -0.25) is 4.79 Å².